The van der Waals surface area contributed by atoms with Crippen LogP contribution in [0.4, 0.5) is 0 Å². The number of carbonyl (C=O) groups excluding carboxylic acids is 2. The minimum atomic E-state index is -3.70. The van der Waals surface area contributed by atoms with Crippen molar-refractivity contribution in [2.45, 2.75) is 32.4 Å². The zero-order chi connectivity index (χ0) is 29.6. The minimum Gasteiger partial charge on any atom is -0.490 e. The highest BCUT2D eigenvalue weighted by Crippen LogP contribution is 2.29. The number of amides is 2. The Bertz CT molecular complexity index is 1650. The summed E-state index contributed by atoms with van der Waals surface area (Å²) < 4.78 is 28.2. The van der Waals surface area contributed by atoms with E-state index in [-0.39, 0.29) is 30.6 Å². The highest BCUT2D eigenvalue weighted by molar-refractivity contribution is 7.89. The maximum Gasteiger partial charge on any atom is 0.255 e. The van der Waals surface area contributed by atoms with E-state index in [4.69, 9.17) is 9.88 Å². The molecule has 10 nitrogen and oxygen atoms in total. The number of benzene rings is 3. The molecule has 6 N–H and O–H groups in total. The molecule has 3 aromatic carbocycles. The predicted molar refractivity (Wildman–Crippen MR) is 158 cm³/mol. The van der Waals surface area contributed by atoms with Gasteiger partial charge in [0, 0.05) is 29.2 Å². The van der Waals surface area contributed by atoms with Gasteiger partial charge in [-0.1, -0.05) is 36.4 Å². The number of H-pyrrole nitrogens is 1. The Morgan fingerprint density at radius 1 is 1.00 bits per heavy atom. The van der Waals surface area contributed by atoms with Gasteiger partial charge in [0.05, 0.1) is 30.1 Å². The fourth-order valence-corrected chi connectivity index (χ4v) is 4.87. The van der Waals surface area contributed by atoms with Crippen molar-refractivity contribution in [3.8, 4) is 16.9 Å². The zero-order valence-electron chi connectivity index (χ0n) is 22.9. The number of nitrogens with one attached hydrogen (secondary N) is 3. The molecule has 1 aromatic heterocycles. The highest BCUT2D eigenvalue weighted by Gasteiger charge is 2.20. The fraction of sp³-hybridized carbons (Fsp3) is 0.267. The first-order valence-corrected chi connectivity index (χ1v) is 14.9. The molecule has 216 valence electrons. The van der Waals surface area contributed by atoms with Crippen LogP contribution in [0, 0.1) is 0 Å². The monoisotopic (exact) mass is 578 g/mol. The van der Waals surface area contributed by atoms with Crippen LogP contribution >= 0.6 is 0 Å². The molecule has 0 radical (unpaired) electrons. The molecule has 0 fully saturated rings. The highest BCUT2D eigenvalue weighted by atomic mass is 32.2. The first-order valence-electron chi connectivity index (χ1n) is 13.2. The van der Waals surface area contributed by atoms with E-state index in [1.165, 1.54) is 0 Å². The minimum absolute atomic E-state index is 0.113. The third kappa shape index (κ3) is 7.94. The van der Waals surface area contributed by atoms with Gasteiger partial charge in [-0.05, 0) is 67.3 Å². The molecule has 0 bridgehead atoms. The summed E-state index contributed by atoms with van der Waals surface area (Å²) in [7, 11) is -3.70. The van der Waals surface area contributed by atoms with E-state index in [0.29, 0.717) is 28.9 Å². The number of fused-ring (bicyclic) bond motifs is 1. The first-order chi connectivity index (χ1) is 19.5. The molecule has 0 aliphatic rings. The van der Waals surface area contributed by atoms with Crippen LogP contribution in [0.1, 0.15) is 40.1 Å². The van der Waals surface area contributed by atoms with Crippen molar-refractivity contribution in [3.63, 3.8) is 0 Å². The van der Waals surface area contributed by atoms with E-state index in [0.717, 1.165) is 16.5 Å². The van der Waals surface area contributed by atoms with Crippen molar-refractivity contribution < 1.29 is 27.9 Å². The summed E-state index contributed by atoms with van der Waals surface area (Å²) in [5, 5.41) is 21.6. The molecule has 0 aliphatic heterocycles. The van der Waals surface area contributed by atoms with Crippen molar-refractivity contribution in [1.29, 1.82) is 0 Å². The van der Waals surface area contributed by atoms with Crippen LogP contribution < -0.4 is 20.5 Å². The van der Waals surface area contributed by atoms with E-state index < -0.39 is 27.9 Å². The molecule has 11 heteroatoms. The van der Waals surface area contributed by atoms with Crippen molar-refractivity contribution in [2.24, 2.45) is 5.14 Å². The zero-order valence-corrected chi connectivity index (χ0v) is 23.7. The number of aromatic amines is 1. The smallest absolute Gasteiger partial charge is 0.255 e. The summed E-state index contributed by atoms with van der Waals surface area (Å²) in [4.78, 5) is 29.3. The van der Waals surface area contributed by atoms with E-state index in [9.17, 15) is 23.1 Å². The predicted octanol–water partition coefficient (Wildman–Crippen LogP) is 2.97. The summed E-state index contributed by atoms with van der Waals surface area (Å²) in [5.41, 5.74) is 3.91. The van der Waals surface area contributed by atoms with Crippen molar-refractivity contribution in [3.05, 3.63) is 89.6 Å². The molecule has 1 heterocycles. The second-order valence-electron chi connectivity index (χ2n) is 10.00. The second-order valence-corrected chi connectivity index (χ2v) is 11.7. The average molecular weight is 579 g/mol. The van der Waals surface area contributed by atoms with Crippen LogP contribution in [0.25, 0.3) is 22.0 Å². The number of carbonyl (C=O) groups is 2. The van der Waals surface area contributed by atoms with Crippen LogP contribution in [0.15, 0.2) is 72.9 Å². The van der Waals surface area contributed by atoms with Crippen LogP contribution in [0.2, 0.25) is 0 Å². The Morgan fingerprint density at radius 2 is 1.76 bits per heavy atom. The maximum atomic E-state index is 13.5. The number of nitrogens with two attached hydrogens (primary N) is 1. The number of primary sulfonamides is 1. The lowest BCUT2D eigenvalue weighted by molar-refractivity contribution is 0.0909. The van der Waals surface area contributed by atoms with E-state index in [1.54, 1.807) is 42.5 Å². The third-order valence-electron chi connectivity index (χ3n) is 6.41. The molecule has 0 spiro atoms. The lowest BCUT2D eigenvalue weighted by Gasteiger charge is -2.19. The van der Waals surface area contributed by atoms with Gasteiger partial charge in [0.15, 0.2) is 0 Å². The van der Waals surface area contributed by atoms with E-state index in [1.807, 2.05) is 44.3 Å². The van der Waals surface area contributed by atoms with Gasteiger partial charge in [-0.25, -0.2) is 13.6 Å². The average Bonchev–Trinajstić information content (AvgIpc) is 3.34. The number of ether oxygens (including phenoxy) is 1. The van der Waals surface area contributed by atoms with Crippen molar-refractivity contribution in [2.75, 3.05) is 18.9 Å². The summed E-state index contributed by atoms with van der Waals surface area (Å²) in [5.74, 6) is -0.833. The molecule has 0 saturated heterocycles. The van der Waals surface area contributed by atoms with Crippen LogP contribution in [0.3, 0.4) is 0 Å². The normalized spacial score (nSPS) is 12.3. The largest absolute Gasteiger partial charge is 0.490 e. The second kappa shape index (κ2) is 13.0. The van der Waals surface area contributed by atoms with Crippen LogP contribution in [-0.2, 0) is 16.4 Å². The fourth-order valence-electron chi connectivity index (χ4n) is 4.48. The lowest BCUT2D eigenvalue weighted by Crippen LogP contribution is -2.39. The summed E-state index contributed by atoms with van der Waals surface area (Å²) in [6.45, 7) is 3.36. The number of rotatable bonds is 12. The Kier molecular flexibility index (Phi) is 9.43. The number of hydrogen-bond acceptors (Lipinski definition) is 6. The number of aliphatic hydroxyl groups excluding tert-OH is 1. The van der Waals surface area contributed by atoms with Gasteiger partial charge in [0.25, 0.3) is 11.8 Å². The topological polar surface area (TPSA) is 164 Å². The number of hydrogen-bond donors (Lipinski definition) is 5. The molecular formula is C30H34N4O6S. The molecule has 0 unspecified atom stereocenters. The van der Waals surface area contributed by atoms with Gasteiger partial charge in [0.2, 0.25) is 10.0 Å². The standard InChI is InChI=1S/C30H34N4O6S/c1-19(2)40-28-11-10-21(20-6-5-7-22(14-20)29(36)32-12-13-41(31,38)39)16-26(28)30(37)34-24(18-35)15-23-17-33-27-9-4-3-8-25(23)27/h3-11,14,16-17,19,24,33,35H,12-13,15,18H2,1-2H3,(H,32,36)(H,34,37)(H2,31,38,39)/t24-/m1/s1. The molecule has 0 aliphatic carbocycles. The van der Waals surface area contributed by atoms with Gasteiger partial charge in [-0.15, -0.1) is 0 Å². The lowest BCUT2D eigenvalue weighted by atomic mass is 9.99. The van der Waals surface area contributed by atoms with Crippen LogP contribution in [0.5, 0.6) is 5.75 Å². The van der Waals surface area contributed by atoms with Gasteiger partial charge in [-0.2, -0.15) is 0 Å². The van der Waals surface area contributed by atoms with Crippen molar-refractivity contribution in [1.82, 2.24) is 15.6 Å². The van der Waals surface area contributed by atoms with Gasteiger partial charge in [0.1, 0.15) is 5.75 Å². The number of para-hydroxylation sites is 1. The molecule has 0 saturated carbocycles. The number of aliphatic hydroxyl groups is 1. The van der Waals surface area contributed by atoms with E-state index >= 15 is 0 Å². The van der Waals surface area contributed by atoms with Gasteiger partial charge >= 0.3 is 0 Å². The molecule has 4 rings (SSSR count). The number of sulfonamides is 1. The Hall–Kier alpha value is -4.19. The van der Waals surface area contributed by atoms with E-state index in [2.05, 4.69) is 15.6 Å². The van der Waals surface area contributed by atoms with Gasteiger partial charge < -0.3 is 25.5 Å². The summed E-state index contributed by atoms with van der Waals surface area (Å²) in [6.07, 6.45) is 2.12. The molecule has 2 amide bonds. The SMILES string of the molecule is CC(C)Oc1ccc(-c2cccc(C(=O)NCCS(N)(=O)=O)c2)cc1C(=O)N[C@@H](CO)Cc1c[nH]c2ccccc12. The van der Waals surface area contributed by atoms with Crippen LogP contribution in [-0.4, -0.2) is 61.4 Å². The Labute approximate surface area is 239 Å². The third-order valence-corrected chi connectivity index (χ3v) is 7.19. The Morgan fingerprint density at radius 3 is 2.49 bits per heavy atom. The maximum absolute atomic E-state index is 13.5. The Balaban J connectivity index is 1.57. The molecular weight excluding hydrogens is 544 g/mol. The quantitative estimate of drug-likeness (QED) is 0.174. The van der Waals surface area contributed by atoms with Crippen molar-refractivity contribution >= 4 is 32.7 Å². The molecule has 41 heavy (non-hydrogen) atoms. The molecule has 1 atom stereocenters. The first kappa shape index (κ1) is 29.8. The van der Waals surface area contributed by atoms with Gasteiger partial charge in [-0.3, -0.25) is 9.59 Å². The summed E-state index contributed by atoms with van der Waals surface area (Å²) in [6, 6.07) is 19.2. The molecule has 4 aromatic rings. The number of aromatic nitrogens is 1. The summed E-state index contributed by atoms with van der Waals surface area (Å²) >= 11 is 0.